The summed E-state index contributed by atoms with van der Waals surface area (Å²) in [6.45, 7) is 3.17. The third kappa shape index (κ3) is 3.20. The molecule has 1 N–H and O–H groups in total. The van der Waals surface area contributed by atoms with Gasteiger partial charge in [-0.2, -0.15) is 5.10 Å². The highest BCUT2D eigenvalue weighted by Crippen LogP contribution is 2.18. The third-order valence-electron chi connectivity index (χ3n) is 4.51. The summed E-state index contributed by atoms with van der Waals surface area (Å²) in [4.78, 5) is 32.1. The maximum absolute atomic E-state index is 12.7. The minimum Gasteiger partial charge on any atom is -0.347 e. The summed E-state index contributed by atoms with van der Waals surface area (Å²) in [7, 11) is 0. The molecule has 2 amide bonds. The topological polar surface area (TPSA) is 79.6 Å². The maximum atomic E-state index is 12.7. The van der Waals surface area contributed by atoms with E-state index in [0.29, 0.717) is 17.8 Å². The van der Waals surface area contributed by atoms with Crippen LogP contribution in [0, 0.1) is 6.92 Å². The number of carbonyl (C=O) groups excluding carboxylic acids is 2. The molecule has 4 heterocycles. The number of likely N-dealkylation sites (tertiary alicyclic amines) is 1. The van der Waals surface area contributed by atoms with E-state index in [1.165, 1.54) is 17.5 Å². The lowest BCUT2D eigenvalue weighted by Gasteiger charge is -2.32. The van der Waals surface area contributed by atoms with Crippen LogP contribution in [0.2, 0.25) is 0 Å². The Morgan fingerprint density at radius 1 is 1.35 bits per heavy atom. The maximum Gasteiger partial charge on any atom is 0.263 e. The van der Waals surface area contributed by atoms with Crippen molar-refractivity contribution in [1.82, 2.24) is 24.8 Å². The quantitative estimate of drug-likeness (QED) is 0.767. The number of thiophene rings is 1. The third-order valence-corrected chi connectivity index (χ3v) is 5.36. The molecule has 1 aliphatic heterocycles. The molecule has 3 aromatic heterocycles. The lowest BCUT2D eigenvalue weighted by molar-refractivity contribution is 0.0680. The lowest BCUT2D eigenvalue weighted by atomic mass is 10.0. The van der Waals surface area contributed by atoms with E-state index in [9.17, 15) is 9.59 Å². The first-order valence-electron chi connectivity index (χ1n) is 8.55. The normalized spacial score (nSPS) is 17.4. The van der Waals surface area contributed by atoms with E-state index in [1.807, 2.05) is 35.5 Å². The van der Waals surface area contributed by atoms with Crippen molar-refractivity contribution in [2.75, 3.05) is 13.1 Å². The fraction of sp³-hybridized carbons (Fsp3) is 0.333. The number of hydrogen-bond donors (Lipinski definition) is 1. The molecule has 0 aromatic carbocycles. The van der Waals surface area contributed by atoms with Crippen LogP contribution in [0.3, 0.4) is 0 Å². The fourth-order valence-electron chi connectivity index (χ4n) is 3.23. The van der Waals surface area contributed by atoms with Crippen LogP contribution < -0.4 is 5.32 Å². The molecular weight excluding hydrogens is 350 g/mol. The van der Waals surface area contributed by atoms with Crippen molar-refractivity contribution in [2.24, 2.45) is 0 Å². The highest BCUT2D eigenvalue weighted by Gasteiger charge is 2.27. The van der Waals surface area contributed by atoms with Gasteiger partial charge in [0.2, 0.25) is 0 Å². The summed E-state index contributed by atoms with van der Waals surface area (Å²) in [5, 5.41) is 9.14. The smallest absolute Gasteiger partial charge is 0.263 e. The minimum atomic E-state index is -0.202. The number of carbonyl (C=O) groups is 2. The first kappa shape index (κ1) is 16.7. The van der Waals surface area contributed by atoms with E-state index >= 15 is 0 Å². The molecule has 8 heteroatoms. The minimum absolute atomic E-state index is 0.0343. The van der Waals surface area contributed by atoms with E-state index < -0.39 is 0 Å². The number of aromatic nitrogens is 3. The van der Waals surface area contributed by atoms with Gasteiger partial charge in [0.1, 0.15) is 5.56 Å². The zero-order chi connectivity index (χ0) is 18.1. The average molecular weight is 369 g/mol. The van der Waals surface area contributed by atoms with E-state index in [2.05, 4.69) is 15.4 Å². The fourth-order valence-corrected chi connectivity index (χ4v) is 3.92. The van der Waals surface area contributed by atoms with Crippen LogP contribution in [0.25, 0.3) is 5.65 Å². The van der Waals surface area contributed by atoms with Crippen molar-refractivity contribution in [3.63, 3.8) is 0 Å². The Morgan fingerprint density at radius 2 is 2.23 bits per heavy atom. The van der Waals surface area contributed by atoms with Gasteiger partial charge in [0.15, 0.2) is 5.65 Å². The van der Waals surface area contributed by atoms with Gasteiger partial charge in [-0.1, -0.05) is 6.07 Å². The highest BCUT2D eigenvalue weighted by atomic mass is 32.1. The molecule has 1 unspecified atom stereocenters. The molecule has 0 saturated carbocycles. The Hall–Kier alpha value is -2.74. The van der Waals surface area contributed by atoms with Gasteiger partial charge in [0, 0.05) is 31.5 Å². The van der Waals surface area contributed by atoms with Crippen LogP contribution in [0.4, 0.5) is 0 Å². The van der Waals surface area contributed by atoms with Crippen molar-refractivity contribution in [3.8, 4) is 0 Å². The highest BCUT2D eigenvalue weighted by molar-refractivity contribution is 7.12. The van der Waals surface area contributed by atoms with Crippen LogP contribution in [0.1, 0.15) is 38.4 Å². The summed E-state index contributed by atoms with van der Waals surface area (Å²) in [6.07, 6.45) is 6.81. The molecule has 0 radical (unpaired) electrons. The van der Waals surface area contributed by atoms with Gasteiger partial charge in [-0.25, -0.2) is 9.50 Å². The second-order valence-electron chi connectivity index (χ2n) is 6.50. The van der Waals surface area contributed by atoms with Gasteiger partial charge in [0.25, 0.3) is 11.8 Å². The largest absolute Gasteiger partial charge is 0.347 e. The monoisotopic (exact) mass is 369 g/mol. The van der Waals surface area contributed by atoms with Gasteiger partial charge in [0.05, 0.1) is 11.1 Å². The number of fused-ring (bicyclic) bond motifs is 1. The van der Waals surface area contributed by atoms with Crippen molar-refractivity contribution in [3.05, 3.63) is 52.1 Å². The van der Waals surface area contributed by atoms with Crippen LogP contribution in [-0.4, -0.2) is 50.4 Å². The average Bonchev–Trinajstić information content (AvgIpc) is 3.30. The molecule has 0 bridgehead atoms. The lowest BCUT2D eigenvalue weighted by Crippen LogP contribution is -2.49. The Balaban J connectivity index is 1.46. The SMILES string of the molecule is Cc1cnc2c(C(=O)NC3CCCN(C(=O)c4cccs4)C3)cnn2c1. The van der Waals surface area contributed by atoms with Crippen LogP contribution >= 0.6 is 11.3 Å². The number of amides is 2. The molecule has 1 saturated heterocycles. The number of hydrogen-bond acceptors (Lipinski definition) is 5. The van der Waals surface area contributed by atoms with Gasteiger partial charge in [-0.15, -0.1) is 11.3 Å². The number of nitrogens with one attached hydrogen (secondary N) is 1. The number of nitrogens with zero attached hydrogens (tertiary/aromatic N) is 4. The first-order valence-corrected chi connectivity index (χ1v) is 9.43. The Bertz CT molecular complexity index is 950. The molecule has 1 fully saturated rings. The second-order valence-corrected chi connectivity index (χ2v) is 7.45. The van der Waals surface area contributed by atoms with Crippen LogP contribution in [0.15, 0.2) is 36.1 Å². The van der Waals surface area contributed by atoms with Crippen LogP contribution in [-0.2, 0) is 0 Å². The summed E-state index contributed by atoms with van der Waals surface area (Å²) >= 11 is 1.44. The number of aryl methyl sites for hydroxylation is 1. The van der Waals surface area contributed by atoms with Crippen LogP contribution in [0.5, 0.6) is 0 Å². The predicted octanol–water partition coefficient (Wildman–Crippen LogP) is 2.13. The standard InChI is InChI=1S/C18H19N5O2S/c1-12-8-19-16-14(9-20-23(16)10-12)17(24)21-13-4-2-6-22(11-13)18(25)15-5-3-7-26-15/h3,5,7-10,13H,2,4,6,11H2,1H3,(H,21,24). The zero-order valence-corrected chi connectivity index (χ0v) is 15.2. The number of piperidine rings is 1. The van der Waals surface area contributed by atoms with E-state index in [0.717, 1.165) is 29.8 Å². The van der Waals surface area contributed by atoms with E-state index in [-0.39, 0.29) is 17.9 Å². The van der Waals surface area contributed by atoms with E-state index in [1.54, 1.807) is 10.7 Å². The Kier molecular flexibility index (Phi) is 4.42. The molecule has 1 aliphatic rings. The molecule has 1 atom stereocenters. The molecule has 3 aromatic rings. The molecule has 7 nitrogen and oxygen atoms in total. The molecule has 0 aliphatic carbocycles. The van der Waals surface area contributed by atoms with Crippen molar-refractivity contribution in [1.29, 1.82) is 0 Å². The van der Waals surface area contributed by atoms with Gasteiger partial charge in [-0.05, 0) is 36.8 Å². The van der Waals surface area contributed by atoms with Crippen molar-refractivity contribution in [2.45, 2.75) is 25.8 Å². The van der Waals surface area contributed by atoms with Crippen molar-refractivity contribution >= 4 is 28.8 Å². The Morgan fingerprint density at radius 3 is 3.04 bits per heavy atom. The molecule has 0 spiro atoms. The predicted molar refractivity (Wildman–Crippen MR) is 98.4 cm³/mol. The summed E-state index contributed by atoms with van der Waals surface area (Å²) in [5.41, 5.74) is 1.96. The summed E-state index contributed by atoms with van der Waals surface area (Å²) < 4.78 is 1.61. The Labute approximate surface area is 154 Å². The molecular formula is C18H19N5O2S. The summed E-state index contributed by atoms with van der Waals surface area (Å²) in [6, 6.07) is 3.64. The summed E-state index contributed by atoms with van der Waals surface area (Å²) in [5.74, 6) is -0.168. The van der Waals surface area contributed by atoms with Gasteiger partial charge in [-0.3, -0.25) is 9.59 Å². The molecule has 26 heavy (non-hydrogen) atoms. The molecule has 4 rings (SSSR count). The number of rotatable bonds is 3. The zero-order valence-electron chi connectivity index (χ0n) is 14.4. The molecule has 134 valence electrons. The first-order chi connectivity index (χ1) is 12.6. The van der Waals surface area contributed by atoms with Crippen molar-refractivity contribution < 1.29 is 9.59 Å². The van der Waals surface area contributed by atoms with Gasteiger partial charge < -0.3 is 10.2 Å². The van der Waals surface area contributed by atoms with E-state index in [4.69, 9.17) is 0 Å². The second kappa shape index (κ2) is 6.87. The van der Waals surface area contributed by atoms with Gasteiger partial charge >= 0.3 is 0 Å².